The Hall–Kier alpha value is -4.56. The molecule has 0 aliphatic rings. The molecule has 0 fully saturated rings. The molecule has 0 aliphatic carbocycles. The molecule has 2 heterocycles. The normalized spacial score (nSPS) is 11.8. The summed E-state index contributed by atoms with van der Waals surface area (Å²) in [4.78, 5) is 36.1. The van der Waals surface area contributed by atoms with E-state index in [0.717, 1.165) is 0 Å². The Kier molecular flexibility index (Phi) is 8.60. The lowest BCUT2D eigenvalue weighted by Gasteiger charge is -2.25. The lowest BCUT2D eigenvalue weighted by molar-refractivity contribution is -0.396. The highest BCUT2D eigenvalue weighted by Gasteiger charge is 2.24. The van der Waals surface area contributed by atoms with Crippen molar-refractivity contribution in [3.8, 4) is 11.5 Å². The molecule has 1 N–H and O–H groups in total. The van der Waals surface area contributed by atoms with E-state index in [4.69, 9.17) is 30.9 Å². The number of carbonyl (C=O) groups is 1. The monoisotopic (exact) mass is 574 g/mol. The summed E-state index contributed by atoms with van der Waals surface area (Å²) < 4.78 is 31.9. The van der Waals surface area contributed by atoms with Crippen LogP contribution in [0.5, 0.6) is 11.5 Å². The van der Waals surface area contributed by atoms with Gasteiger partial charge in [-0.25, -0.2) is 23.7 Å². The number of aromatic nitrogens is 4. The van der Waals surface area contributed by atoms with E-state index in [1.165, 1.54) is 56.4 Å². The number of carboxylic acid groups (broad SMARTS) is 1. The van der Waals surface area contributed by atoms with Gasteiger partial charge in [0.2, 0.25) is 0 Å². The summed E-state index contributed by atoms with van der Waals surface area (Å²) in [7, 11) is 2.97. The van der Waals surface area contributed by atoms with Crippen LogP contribution in [0.3, 0.4) is 0 Å². The number of aliphatic carboxylic acids is 1. The van der Waals surface area contributed by atoms with E-state index in [1.54, 1.807) is 17.0 Å². The highest BCUT2D eigenvalue weighted by atomic mass is 35.5. The predicted octanol–water partition coefficient (Wildman–Crippen LogP) is 4.28. The number of nitrogens with zero attached hydrogens (tertiary/aromatic N) is 6. The summed E-state index contributed by atoms with van der Waals surface area (Å²) in [5, 5.41) is 20.7. The zero-order valence-corrected chi connectivity index (χ0v) is 22.3. The van der Waals surface area contributed by atoms with Crippen molar-refractivity contribution in [1.82, 2.24) is 19.5 Å². The van der Waals surface area contributed by atoms with Crippen LogP contribution >= 0.6 is 11.6 Å². The van der Waals surface area contributed by atoms with Gasteiger partial charge in [0.25, 0.3) is 0 Å². The van der Waals surface area contributed by atoms with Gasteiger partial charge < -0.3 is 34.3 Å². The fraction of sp³-hybridized carbons (Fsp3) is 0.280. The summed E-state index contributed by atoms with van der Waals surface area (Å²) >= 11 is 6.09. The van der Waals surface area contributed by atoms with Crippen LogP contribution in [-0.4, -0.2) is 61.9 Å². The number of rotatable bonds is 12. The van der Waals surface area contributed by atoms with Gasteiger partial charge in [-0.05, 0) is 36.1 Å². The number of ether oxygens (including phenoxy) is 3. The molecular weight excluding hydrogens is 551 g/mol. The molecule has 13 nitrogen and oxygen atoms in total. The molecular formula is C25H24ClFN6O7. The summed E-state index contributed by atoms with van der Waals surface area (Å²) in [6.45, 7) is 1.50. The van der Waals surface area contributed by atoms with Crippen molar-refractivity contribution in [2.45, 2.75) is 19.6 Å². The van der Waals surface area contributed by atoms with Gasteiger partial charge in [-0.15, -0.1) is 0 Å². The molecule has 2 aromatic heterocycles. The third-order valence-electron chi connectivity index (χ3n) is 5.97. The van der Waals surface area contributed by atoms with Gasteiger partial charge in [0.1, 0.15) is 36.5 Å². The highest BCUT2D eigenvalue weighted by Crippen LogP contribution is 2.38. The molecule has 4 rings (SSSR count). The maximum Gasteiger partial charge on any atom is 0.434 e. The van der Waals surface area contributed by atoms with E-state index < -0.39 is 22.8 Å². The van der Waals surface area contributed by atoms with E-state index >= 15 is 0 Å². The molecule has 40 heavy (non-hydrogen) atoms. The minimum absolute atomic E-state index is 0.00623. The molecule has 0 saturated carbocycles. The second-order valence-electron chi connectivity index (χ2n) is 8.47. The van der Waals surface area contributed by atoms with Gasteiger partial charge in [-0.3, -0.25) is 0 Å². The fourth-order valence-corrected chi connectivity index (χ4v) is 4.01. The van der Waals surface area contributed by atoms with Crippen LogP contribution in [0.2, 0.25) is 5.02 Å². The summed E-state index contributed by atoms with van der Waals surface area (Å²) in [5.41, 5.74) is 1.40. The molecule has 2 aromatic carbocycles. The minimum Gasteiger partial charge on any atom is -0.493 e. The van der Waals surface area contributed by atoms with Crippen molar-refractivity contribution >= 4 is 45.9 Å². The van der Waals surface area contributed by atoms with Gasteiger partial charge in [0.05, 0.1) is 37.8 Å². The Bertz CT molecular complexity index is 1570. The largest absolute Gasteiger partial charge is 0.493 e. The molecule has 0 aliphatic heterocycles. The maximum atomic E-state index is 14.0. The zero-order chi connectivity index (χ0) is 29.0. The number of nitro groups is 1. The number of halogens is 2. The van der Waals surface area contributed by atoms with E-state index in [-0.39, 0.29) is 30.7 Å². The quantitative estimate of drug-likeness (QED) is 0.146. The van der Waals surface area contributed by atoms with Crippen molar-refractivity contribution in [3.63, 3.8) is 0 Å². The SMILES string of the molecule is COc1cc2ncnc(N(Cc3cnc([N+](=O)[O-])n3C)c3ccc(F)c(Cl)c3)c2cc1OCCOC(C)C(=O)O. The van der Waals surface area contributed by atoms with Crippen LogP contribution in [0.15, 0.2) is 42.9 Å². The molecule has 210 valence electrons. The van der Waals surface area contributed by atoms with Crippen LogP contribution in [0.4, 0.5) is 21.8 Å². The Balaban J connectivity index is 1.77. The van der Waals surface area contributed by atoms with E-state index in [0.29, 0.717) is 39.6 Å². The molecule has 1 unspecified atom stereocenters. The molecule has 15 heteroatoms. The van der Waals surface area contributed by atoms with Crippen LogP contribution < -0.4 is 14.4 Å². The number of methoxy groups -OCH3 is 1. The molecule has 0 saturated heterocycles. The first-order valence-corrected chi connectivity index (χ1v) is 12.2. The smallest absolute Gasteiger partial charge is 0.434 e. The molecule has 0 spiro atoms. The molecule has 1 atom stereocenters. The first kappa shape index (κ1) is 28.4. The third-order valence-corrected chi connectivity index (χ3v) is 6.26. The lowest BCUT2D eigenvalue weighted by Crippen LogP contribution is -2.22. The van der Waals surface area contributed by atoms with Crippen molar-refractivity contribution in [2.24, 2.45) is 7.05 Å². The summed E-state index contributed by atoms with van der Waals surface area (Å²) in [5.74, 6) is -1.02. The Morgan fingerprint density at radius 1 is 1.23 bits per heavy atom. The molecule has 0 amide bonds. The van der Waals surface area contributed by atoms with Crippen LogP contribution in [0.25, 0.3) is 10.9 Å². The van der Waals surface area contributed by atoms with Gasteiger partial charge in [-0.1, -0.05) is 16.6 Å². The van der Waals surface area contributed by atoms with Crippen molar-refractivity contribution in [2.75, 3.05) is 25.2 Å². The number of anilines is 2. The van der Waals surface area contributed by atoms with Crippen molar-refractivity contribution in [3.05, 3.63) is 69.5 Å². The van der Waals surface area contributed by atoms with Crippen LogP contribution in [0.1, 0.15) is 12.6 Å². The van der Waals surface area contributed by atoms with E-state index in [2.05, 4.69) is 15.0 Å². The molecule has 4 aromatic rings. The van der Waals surface area contributed by atoms with Crippen LogP contribution in [-0.2, 0) is 23.1 Å². The number of carboxylic acids is 1. The molecule has 0 radical (unpaired) electrons. The standard InChI is InChI=1S/C25H24ClFN6O7/c1-14(24(34)35)39-6-7-40-22-9-17-20(10-21(22)38-3)29-13-30-23(17)32(15-4-5-19(27)18(26)8-15)12-16-11-28-25(31(16)2)33(36)37/h4-5,8-11,13-14H,6-7,12H2,1-3H3,(H,34,35). The predicted molar refractivity (Wildman–Crippen MR) is 142 cm³/mol. The summed E-state index contributed by atoms with van der Waals surface area (Å²) in [6.07, 6.45) is 1.71. The number of fused-ring (bicyclic) bond motifs is 1. The van der Waals surface area contributed by atoms with Crippen molar-refractivity contribution in [1.29, 1.82) is 0 Å². The van der Waals surface area contributed by atoms with Crippen LogP contribution in [0, 0.1) is 15.9 Å². The first-order chi connectivity index (χ1) is 19.1. The van der Waals surface area contributed by atoms with Crippen molar-refractivity contribution < 1.29 is 33.4 Å². The number of hydrogen-bond acceptors (Lipinski definition) is 10. The average molecular weight is 575 g/mol. The highest BCUT2D eigenvalue weighted by molar-refractivity contribution is 6.31. The number of benzene rings is 2. The van der Waals surface area contributed by atoms with Gasteiger partial charge in [0.15, 0.2) is 17.6 Å². The second kappa shape index (κ2) is 12.1. The fourth-order valence-electron chi connectivity index (χ4n) is 3.84. The van der Waals surface area contributed by atoms with Gasteiger partial charge >= 0.3 is 11.9 Å². The number of imidazole rings is 1. The van der Waals surface area contributed by atoms with E-state index in [9.17, 15) is 19.3 Å². The second-order valence-corrected chi connectivity index (χ2v) is 8.87. The van der Waals surface area contributed by atoms with Gasteiger partial charge in [-0.2, -0.15) is 0 Å². The van der Waals surface area contributed by atoms with E-state index in [1.807, 2.05) is 0 Å². The lowest BCUT2D eigenvalue weighted by atomic mass is 10.1. The van der Waals surface area contributed by atoms with Gasteiger partial charge in [0, 0.05) is 17.1 Å². The number of hydrogen-bond donors (Lipinski definition) is 1. The Labute approximate surface area is 231 Å². The molecule has 0 bridgehead atoms. The average Bonchev–Trinajstić information content (AvgIpc) is 3.30. The summed E-state index contributed by atoms with van der Waals surface area (Å²) in [6, 6.07) is 7.41. The minimum atomic E-state index is -1.09. The third kappa shape index (κ3) is 6.02. The topological polar surface area (TPSA) is 155 Å². The maximum absolute atomic E-state index is 14.0. The Morgan fingerprint density at radius 3 is 2.65 bits per heavy atom. The first-order valence-electron chi connectivity index (χ1n) is 11.8. The zero-order valence-electron chi connectivity index (χ0n) is 21.6. The Morgan fingerprint density at radius 2 is 2.00 bits per heavy atom.